The first kappa shape index (κ1) is 22.8. The van der Waals surface area contributed by atoms with Gasteiger partial charge in [-0.1, -0.05) is 48.5 Å². The van der Waals surface area contributed by atoms with E-state index in [9.17, 15) is 19.5 Å². The highest BCUT2D eigenvalue weighted by molar-refractivity contribution is 5.92. The quantitative estimate of drug-likeness (QED) is 0.342. The number of aliphatic hydroxyl groups is 1. The lowest BCUT2D eigenvalue weighted by Crippen LogP contribution is -2.57. The standard InChI is InChI=1S/C23H26N4O5/c1-14(28)20(27-23(31)32-13-15-7-3-2-4-8-15)22(30)26-19(21(24)29)11-16-12-25-18-10-6-5-9-17(16)18/h2-10,12,14,19-20,25,28H,11,13H2,1H3,(H2,24,29)(H,26,30)(H,27,31)/t14-,19-,20+/m1/s1. The van der Waals surface area contributed by atoms with E-state index in [0.717, 1.165) is 22.0 Å². The van der Waals surface area contributed by atoms with Crippen molar-refractivity contribution in [1.82, 2.24) is 15.6 Å². The fourth-order valence-corrected chi connectivity index (χ4v) is 3.30. The van der Waals surface area contributed by atoms with E-state index in [0.29, 0.717) is 0 Å². The Hall–Kier alpha value is -3.85. The van der Waals surface area contributed by atoms with Crippen LogP contribution in [-0.2, 0) is 27.4 Å². The largest absolute Gasteiger partial charge is 0.445 e. The molecule has 3 amide bonds. The molecule has 0 fully saturated rings. The first-order chi connectivity index (χ1) is 15.3. The van der Waals surface area contributed by atoms with E-state index in [-0.39, 0.29) is 13.0 Å². The zero-order valence-corrected chi connectivity index (χ0v) is 17.6. The van der Waals surface area contributed by atoms with E-state index in [4.69, 9.17) is 10.5 Å². The van der Waals surface area contributed by atoms with E-state index in [1.54, 1.807) is 30.5 Å². The molecule has 0 saturated carbocycles. The third-order valence-electron chi connectivity index (χ3n) is 5.01. The molecule has 9 nitrogen and oxygen atoms in total. The Morgan fingerprint density at radius 1 is 1.06 bits per heavy atom. The smallest absolute Gasteiger partial charge is 0.408 e. The Morgan fingerprint density at radius 2 is 1.75 bits per heavy atom. The van der Waals surface area contributed by atoms with Gasteiger partial charge in [-0.2, -0.15) is 0 Å². The fraction of sp³-hybridized carbons (Fsp3) is 0.261. The second-order valence-electron chi connectivity index (χ2n) is 7.45. The Morgan fingerprint density at radius 3 is 2.44 bits per heavy atom. The number of primary amides is 1. The molecule has 1 heterocycles. The number of amides is 3. The minimum atomic E-state index is -1.33. The van der Waals surface area contributed by atoms with Crippen LogP contribution in [0.1, 0.15) is 18.1 Å². The Balaban J connectivity index is 1.63. The third-order valence-corrected chi connectivity index (χ3v) is 5.01. The van der Waals surface area contributed by atoms with E-state index < -0.39 is 36.1 Å². The number of fused-ring (bicyclic) bond motifs is 1. The molecule has 0 spiro atoms. The highest BCUT2D eigenvalue weighted by atomic mass is 16.5. The number of para-hydroxylation sites is 1. The van der Waals surface area contributed by atoms with Crippen LogP contribution in [0, 0.1) is 0 Å². The van der Waals surface area contributed by atoms with Gasteiger partial charge < -0.3 is 31.2 Å². The van der Waals surface area contributed by atoms with Crippen LogP contribution in [0.3, 0.4) is 0 Å². The van der Waals surface area contributed by atoms with Crippen molar-refractivity contribution in [2.24, 2.45) is 5.73 Å². The Labute approximate surface area is 184 Å². The van der Waals surface area contributed by atoms with Crippen LogP contribution < -0.4 is 16.4 Å². The number of alkyl carbamates (subject to hydrolysis) is 1. The molecule has 0 unspecified atom stereocenters. The molecule has 0 saturated heterocycles. The lowest BCUT2D eigenvalue weighted by atomic mass is 10.0. The molecular weight excluding hydrogens is 412 g/mol. The number of rotatable bonds is 9. The van der Waals surface area contributed by atoms with Gasteiger partial charge in [0.15, 0.2) is 0 Å². The maximum absolute atomic E-state index is 12.7. The van der Waals surface area contributed by atoms with Gasteiger partial charge in [0.1, 0.15) is 18.7 Å². The lowest BCUT2D eigenvalue weighted by Gasteiger charge is -2.23. The van der Waals surface area contributed by atoms with E-state index in [2.05, 4.69) is 15.6 Å². The maximum atomic E-state index is 12.7. The van der Waals surface area contributed by atoms with Gasteiger partial charge in [0.2, 0.25) is 11.8 Å². The summed E-state index contributed by atoms with van der Waals surface area (Å²) in [6.45, 7) is 1.35. The van der Waals surface area contributed by atoms with Crippen LogP contribution in [0.15, 0.2) is 60.8 Å². The van der Waals surface area contributed by atoms with Gasteiger partial charge in [-0.25, -0.2) is 4.79 Å². The average Bonchev–Trinajstić information content (AvgIpc) is 3.19. The second kappa shape index (κ2) is 10.5. The van der Waals surface area contributed by atoms with Crippen LogP contribution in [0.2, 0.25) is 0 Å². The molecular formula is C23H26N4O5. The predicted octanol–water partition coefficient (Wildman–Crippen LogP) is 1.36. The van der Waals surface area contributed by atoms with Crippen LogP contribution in [-0.4, -0.2) is 46.2 Å². The number of carbonyl (C=O) groups excluding carboxylic acids is 3. The van der Waals surface area contributed by atoms with Crippen LogP contribution in [0.5, 0.6) is 0 Å². The van der Waals surface area contributed by atoms with Gasteiger partial charge in [-0.3, -0.25) is 9.59 Å². The molecule has 3 rings (SSSR count). The van der Waals surface area contributed by atoms with Crippen LogP contribution >= 0.6 is 0 Å². The topological polar surface area (TPSA) is 147 Å². The molecule has 6 N–H and O–H groups in total. The molecule has 0 radical (unpaired) electrons. The summed E-state index contributed by atoms with van der Waals surface area (Å²) in [6, 6.07) is 14.2. The number of hydrogen-bond acceptors (Lipinski definition) is 5. The van der Waals surface area contributed by atoms with Crippen molar-refractivity contribution >= 4 is 28.8 Å². The van der Waals surface area contributed by atoms with Crippen LogP contribution in [0.25, 0.3) is 10.9 Å². The first-order valence-electron chi connectivity index (χ1n) is 10.1. The SMILES string of the molecule is C[C@@H](O)[C@H](NC(=O)OCc1ccccc1)C(=O)N[C@H](Cc1c[nH]c2ccccc12)C(N)=O. The Kier molecular flexibility index (Phi) is 7.45. The number of aromatic nitrogens is 1. The molecule has 168 valence electrons. The van der Waals surface area contributed by atoms with Crippen LogP contribution in [0.4, 0.5) is 4.79 Å². The zero-order valence-electron chi connectivity index (χ0n) is 17.6. The summed E-state index contributed by atoms with van der Waals surface area (Å²) in [7, 11) is 0. The highest BCUT2D eigenvalue weighted by Gasteiger charge is 2.30. The third kappa shape index (κ3) is 5.86. The van der Waals surface area contributed by atoms with Crippen molar-refractivity contribution in [1.29, 1.82) is 0 Å². The number of hydrogen-bond donors (Lipinski definition) is 5. The molecule has 32 heavy (non-hydrogen) atoms. The van der Waals surface area contributed by atoms with Gasteiger partial charge in [0, 0.05) is 23.5 Å². The molecule has 0 aliphatic carbocycles. The minimum absolute atomic E-state index is 0.00525. The summed E-state index contributed by atoms with van der Waals surface area (Å²) in [5.74, 6) is -1.49. The summed E-state index contributed by atoms with van der Waals surface area (Å²) in [6.07, 6.45) is -0.211. The number of nitrogens with one attached hydrogen (secondary N) is 3. The number of ether oxygens (including phenoxy) is 1. The van der Waals surface area contributed by atoms with Crippen molar-refractivity contribution in [2.75, 3.05) is 0 Å². The number of benzene rings is 2. The van der Waals surface area contributed by atoms with Gasteiger partial charge in [-0.15, -0.1) is 0 Å². The van der Waals surface area contributed by atoms with Crippen molar-refractivity contribution in [3.8, 4) is 0 Å². The zero-order chi connectivity index (χ0) is 23.1. The fourth-order valence-electron chi connectivity index (χ4n) is 3.30. The summed E-state index contributed by atoms with van der Waals surface area (Å²) >= 11 is 0. The van der Waals surface area contributed by atoms with Crippen molar-refractivity contribution in [3.63, 3.8) is 0 Å². The molecule has 0 bridgehead atoms. The lowest BCUT2D eigenvalue weighted by molar-refractivity contribution is -0.130. The second-order valence-corrected chi connectivity index (χ2v) is 7.45. The van der Waals surface area contributed by atoms with E-state index >= 15 is 0 Å². The molecule has 0 aliphatic heterocycles. The van der Waals surface area contributed by atoms with Crippen molar-refractivity contribution in [2.45, 2.75) is 38.1 Å². The highest BCUT2D eigenvalue weighted by Crippen LogP contribution is 2.19. The molecule has 2 aromatic carbocycles. The summed E-state index contributed by atoms with van der Waals surface area (Å²) in [4.78, 5) is 40.0. The normalized spacial score (nSPS) is 13.7. The number of aliphatic hydroxyl groups excluding tert-OH is 1. The predicted molar refractivity (Wildman–Crippen MR) is 118 cm³/mol. The monoisotopic (exact) mass is 438 g/mol. The van der Waals surface area contributed by atoms with Gasteiger partial charge >= 0.3 is 6.09 Å². The number of nitrogens with two attached hydrogens (primary N) is 1. The molecule has 3 aromatic rings. The Bertz CT molecular complexity index is 1080. The van der Waals surface area contributed by atoms with E-state index in [1.807, 2.05) is 30.3 Å². The molecule has 0 aliphatic rings. The molecule has 3 atom stereocenters. The summed E-state index contributed by atoms with van der Waals surface area (Å²) in [5, 5.41) is 15.8. The van der Waals surface area contributed by atoms with Gasteiger partial charge in [0.05, 0.1) is 6.10 Å². The number of aromatic amines is 1. The van der Waals surface area contributed by atoms with Crippen molar-refractivity contribution in [3.05, 3.63) is 71.9 Å². The number of H-pyrrole nitrogens is 1. The molecule has 9 heteroatoms. The van der Waals surface area contributed by atoms with Crippen molar-refractivity contribution < 1.29 is 24.2 Å². The van der Waals surface area contributed by atoms with Gasteiger partial charge in [-0.05, 0) is 24.1 Å². The maximum Gasteiger partial charge on any atom is 0.408 e. The molecule has 1 aromatic heterocycles. The van der Waals surface area contributed by atoms with Gasteiger partial charge in [0.25, 0.3) is 0 Å². The first-order valence-corrected chi connectivity index (χ1v) is 10.1. The summed E-state index contributed by atoms with van der Waals surface area (Å²) in [5.41, 5.74) is 7.96. The minimum Gasteiger partial charge on any atom is -0.445 e. The van der Waals surface area contributed by atoms with E-state index in [1.165, 1.54) is 6.92 Å². The number of carbonyl (C=O) groups is 3. The summed E-state index contributed by atoms with van der Waals surface area (Å²) < 4.78 is 5.11. The average molecular weight is 438 g/mol.